The average Bonchev–Trinajstić information content (AvgIpc) is 2.87. The van der Waals surface area contributed by atoms with Gasteiger partial charge in [0.2, 0.25) is 0 Å². The molecule has 1 unspecified atom stereocenters. The molecule has 20 heavy (non-hydrogen) atoms. The topological polar surface area (TPSA) is 42.7 Å². The van der Waals surface area contributed by atoms with Crippen molar-refractivity contribution in [1.82, 2.24) is 20.3 Å². The van der Waals surface area contributed by atoms with Crippen LogP contribution in [0.3, 0.4) is 0 Å². The number of hydrogen-bond donors (Lipinski definition) is 1. The summed E-state index contributed by atoms with van der Waals surface area (Å²) in [4.78, 5) is 0. The Balaban J connectivity index is 2.49. The van der Waals surface area contributed by atoms with Gasteiger partial charge in [-0.05, 0) is 32.0 Å². The lowest BCUT2D eigenvalue weighted by Crippen LogP contribution is -2.17. The van der Waals surface area contributed by atoms with Gasteiger partial charge in [0.25, 0.3) is 0 Å². The second-order valence-corrected chi connectivity index (χ2v) is 4.53. The molecule has 0 spiro atoms. The molecule has 1 heterocycles. The zero-order valence-corrected chi connectivity index (χ0v) is 11.8. The van der Waals surface area contributed by atoms with Crippen LogP contribution in [0, 0.1) is 11.6 Å². The predicted octanol–water partition coefficient (Wildman–Crippen LogP) is 2.78. The molecule has 2 aromatic rings. The van der Waals surface area contributed by atoms with Crippen molar-refractivity contribution in [2.75, 3.05) is 7.05 Å². The summed E-state index contributed by atoms with van der Waals surface area (Å²) in [6.45, 7) is 4.04. The first-order chi connectivity index (χ1) is 9.62. The molecule has 0 saturated carbocycles. The first-order valence-corrected chi connectivity index (χ1v) is 6.69. The van der Waals surface area contributed by atoms with E-state index in [-0.39, 0.29) is 6.04 Å². The van der Waals surface area contributed by atoms with E-state index in [4.69, 9.17) is 0 Å². The quantitative estimate of drug-likeness (QED) is 0.915. The molecule has 1 N–H and O–H groups in total. The number of nitrogens with one attached hydrogen (secondary N) is 1. The van der Waals surface area contributed by atoms with Gasteiger partial charge in [0.15, 0.2) is 11.6 Å². The van der Waals surface area contributed by atoms with Crippen LogP contribution >= 0.6 is 0 Å². The van der Waals surface area contributed by atoms with Crippen LogP contribution in [-0.2, 0) is 6.42 Å². The smallest absolute Gasteiger partial charge is 0.160 e. The number of rotatable bonds is 5. The molecule has 1 aromatic carbocycles. The zero-order valence-electron chi connectivity index (χ0n) is 11.8. The van der Waals surface area contributed by atoms with Crippen molar-refractivity contribution >= 4 is 0 Å². The summed E-state index contributed by atoms with van der Waals surface area (Å²) < 4.78 is 27.9. The van der Waals surface area contributed by atoms with E-state index in [0.29, 0.717) is 12.1 Å². The van der Waals surface area contributed by atoms with Crippen molar-refractivity contribution in [2.45, 2.75) is 32.7 Å². The molecule has 0 bridgehead atoms. The van der Waals surface area contributed by atoms with Crippen molar-refractivity contribution in [1.29, 1.82) is 0 Å². The van der Waals surface area contributed by atoms with Crippen LogP contribution in [0.2, 0.25) is 0 Å². The minimum Gasteiger partial charge on any atom is -0.312 e. The highest BCUT2D eigenvalue weighted by molar-refractivity contribution is 5.35. The highest BCUT2D eigenvalue weighted by Gasteiger charge is 2.19. The van der Waals surface area contributed by atoms with E-state index in [2.05, 4.69) is 22.6 Å². The molecule has 0 saturated heterocycles. The van der Waals surface area contributed by atoms with Crippen LogP contribution < -0.4 is 5.32 Å². The number of hydrogen-bond acceptors (Lipinski definition) is 3. The van der Waals surface area contributed by atoms with E-state index in [0.717, 1.165) is 29.9 Å². The fourth-order valence-electron chi connectivity index (χ4n) is 2.27. The molecule has 0 aliphatic rings. The molecule has 0 radical (unpaired) electrons. The third-order valence-corrected chi connectivity index (χ3v) is 3.36. The van der Waals surface area contributed by atoms with E-state index in [1.807, 2.05) is 14.0 Å². The molecular weight excluding hydrogens is 262 g/mol. The number of benzene rings is 1. The molecule has 0 amide bonds. The zero-order chi connectivity index (χ0) is 14.7. The molecule has 0 aliphatic carbocycles. The van der Waals surface area contributed by atoms with Gasteiger partial charge in [-0.3, -0.25) is 0 Å². The van der Waals surface area contributed by atoms with E-state index in [9.17, 15) is 8.78 Å². The van der Waals surface area contributed by atoms with Gasteiger partial charge in [-0.15, -0.1) is 5.10 Å². The lowest BCUT2D eigenvalue weighted by atomic mass is 10.1. The maximum absolute atomic E-state index is 13.3. The molecule has 0 fully saturated rings. The predicted molar refractivity (Wildman–Crippen MR) is 72.7 cm³/mol. The Bertz CT molecular complexity index is 591. The van der Waals surface area contributed by atoms with Gasteiger partial charge >= 0.3 is 0 Å². The maximum atomic E-state index is 13.3. The Hall–Kier alpha value is -1.82. The van der Waals surface area contributed by atoms with Crippen molar-refractivity contribution in [3.8, 4) is 5.69 Å². The van der Waals surface area contributed by atoms with E-state index >= 15 is 0 Å². The van der Waals surface area contributed by atoms with E-state index < -0.39 is 11.6 Å². The van der Waals surface area contributed by atoms with E-state index in [1.54, 1.807) is 4.68 Å². The third-order valence-electron chi connectivity index (χ3n) is 3.36. The minimum absolute atomic E-state index is 0.101. The first-order valence-electron chi connectivity index (χ1n) is 6.69. The van der Waals surface area contributed by atoms with Gasteiger partial charge in [0.1, 0.15) is 5.69 Å². The van der Waals surface area contributed by atoms with Gasteiger partial charge in [-0.2, -0.15) is 0 Å². The molecular formula is C14H18F2N4. The summed E-state index contributed by atoms with van der Waals surface area (Å²) >= 11 is 0. The lowest BCUT2D eigenvalue weighted by molar-refractivity contribution is 0.507. The third kappa shape index (κ3) is 2.56. The van der Waals surface area contributed by atoms with Gasteiger partial charge in [0, 0.05) is 6.07 Å². The fourth-order valence-corrected chi connectivity index (χ4v) is 2.27. The van der Waals surface area contributed by atoms with Crippen molar-refractivity contribution < 1.29 is 8.78 Å². The summed E-state index contributed by atoms with van der Waals surface area (Å²) in [6, 6.07) is 3.83. The van der Waals surface area contributed by atoms with Crippen LogP contribution in [0.5, 0.6) is 0 Å². The molecule has 2 rings (SSSR count). The van der Waals surface area contributed by atoms with E-state index in [1.165, 1.54) is 6.07 Å². The standard InChI is InChI=1S/C14H18F2N4/c1-4-12(17-3)14-13(5-2)20(19-18-14)9-6-7-10(15)11(16)8-9/h6-8,12,17H,4-5H2,1-3H3. The molecule has 0 aliphatic heterocycles. The van der Waals surface area contributed by atoms with Gasteiger partial charge in [-0.1, -0.05) is 19.1 Å². The van der Waals surface area contributed by atoms with Gasteiger partial charge in [0.05, 0.1) is 17.4 Å². The SMILES string of the molecule is CCc1c(C(CC)NC)nnn1-c1ccc(F)c(F)c1. The molecule has 108 valence electrons. The second kappa shape index (κ2) is 6.09. The highest BCUT2D eigenvalue weighted by atomic mass is 19.2. The van der Waals surface area contributed by atoms with Crippen molar-refractivity contribution in [2.24, 2.45) is 0 Å². The molecule has 6 heteroatoms. The first kappa shape index (κ1) is 14.6. The molecule has 1 atom stereocenters. The highest BCUT2D eigenvalue weighted by Crippen LogP contribution is 2.22. The van der Waals surface area contributed by atoms with Crippen molar-refractivity contribution in [3.63, 3.8) is 0 Å². The Morgan fingerprint density at radius 2 is 2.00 bits per heavy atom. The Labute approximate surface area is 116 Å². The monoisotopic (exact) mass is 280 g/mol. The second-order valence-electron chi connectivity index (χ2n) is 4.53. The van der Waals surface area contributed by atoms with Crippen molar-refractivity contribution in [3.05, 3.63) is 41.2 Å². The minimum atomic E-state index is -0.887. The number of halogens is 2. The summed E-state index contributed by atoms with van der Waals surface area (Å²) in [5, 5.41) is 11.5. The van der Waals surface area contributed by atoms with Gasteiger partial charge < -0.3 is 5.32 Å². The summed E-state index contributed by atoms with van der Waals surface area (Å²) in [6.07, 6.45) is 1.58. The Morgan fingerprint density at radius 1 is 1.25 bits per heavy atom. The summed E-state index contributed by atoms with van der Waals surface area (Å²) in [5.41, 5.74) is 2.23. The Morgan fingerprint density at radius 3 is 2.55 bits per heavy atom. The molecule has 4 nitrogen and oxygen atoms in total. The van der Waals surface area contributed by atoms with Crippen LogP contribution in [0.1, 0.15) is 37.7 Å². The number of nitrogens with zero attached hydrogens (tertiary/aromatic N) is 3. The van der Waals surface area contributed by atoms with Crippen LogP contribution in [0.25, 0.3) is 5.69 Å². The summed E-state index contributed by atoms with van der Waals surface area (Å²) in [5.74, 6) is -1.75. The Kier molecular flexibility index (Phi) is 4.44. The maximum Gasteiger partial charge on any atom is 0.160 e. The van der Waals surface area contributed by atoms with Crippen LogP contribution in [0.15, 0.2) is 18.2 Å². The average molecular weight is 280 g/mol. The fraction of sp³-hybridized carbons (Fsp3) is 0.429. The number of aromatic nitrogens is 3. The van der Waals surface area contributed by atoms with Crippen LogP contribution in [-0.4, -0.2) is 22.0 Å². The summed E-state index contributed by atoms with van der Waals surface area (Å²) in [7, 11) is 1.87. The van der Waals surface area contributed by atoms with Crippen LogP contribution in [0.4, 0.5) is 8.78 Å². The molecule has 1 aromatic heterocycles. The largest absolute Gasteiger partial charge is 0.312 e. The lowest BCUT2D eigenvalue weighted by Gasteiger charge is -2.13. The normalized spacial score (nSPS) is 12.7. The van der Waals surface area contributed by atoms with Gasteiger partial charge in [-0.25, -0.2) is 13.5 Å².